The van der Waals surface area contributed by atoms with E-state index in [4.69, 9.17) is 0 Å². The van der Waals surface area contributed by atoms with Gasteiger partial charge in [0.1, 0.15) is 16.3 Å². The number of aryl methyl sites for hydroxylation is 3. The molecular formula is C14H12F3N5O2S. The van der Waals surface area contributed by atoms with Gasteiger partial charge in [-0.25, -0.2) is 9.66 Å². The zero-order valence-corrected chi connectivity index (χ0v) is 14.1. The van der Waals surface area contributed by atoms with Crippen molar-refractivity contribution in [3.8, 4) is 0 Å². The van der Waals surface area contributed by atoms with Gasteiger partial charge in [-0.3, -0.25) is 19.7 Å². The van der Waals surface area contributed by atoms with Crippen molar-refractivity contribution in [3.05, 3.63) is 44.6 Å². The van der Waals surface area contributed by atoms with Gasteiger partial charge in [-0.15, -0.1) is 11.3 Å². The highest BCUT2D eigenvalue weighted by atomic mass is 32.1. The summed E-state index contributed by atoms with van der Waals surface area (Å²) in [7, 11) is 1.21. The van der Waals surface area contributed by atoms with Crippen LogP contribution in [0.5, 0.6) is 0 Å². The molecule has 0 aliphatic rings. The first-order valence-electron chi connectivity index (χ1n) is 7.00. The van der Waals surface area contributed by atoms with Crippen LogP contribution in [0.25, 0.3) is 10.2 Å². The first-order valence-corrected chi connectivity index (χ1v) is 7.82. The zero-order chi connectivity index (χ0) is 18.5. The summed E-state index contributed by atoms with van der Waals surface area (Å²) in [6.45, 7) is 3.33. The number of alkyl halides is 3. The Bertz CT molecular complexity index is 1050. The molecule has 1 amide bonds. The molecule has 0 saturated carbocycles. The average Bonchev–Trinajstić information content (AvgIpc) is 3.05. The van der Waals surface area contributed by atoms with E-state index in [9.17, 15) is 22.8 Å². The molecule has 3 rings (SSSR count). The van der Waals surface area contributed by atoms with Gasteiger partial charge in [-0.05, 0) is 19.9 Å². The number of carbonyl (C=O) groups is 1. The van der Waals surface area contributed by atoms with Gasteiger partial charge in [0, 0.05) is 18.0 Å². The first-order chi connectivity index (χ1) is 11.6. The van der Waals surface area contributed by atoms with E-state index in [0.29, 0.717) is 16.3 Å². The Balaban J connectivity index is 2.00. The highest BCUT2D eigenvalue weighted by Crippen LogP contribution is 2.28. The molecule has 0 aliphatic carbocycles. The molecule has 132 valence electrons. The molecule has 0 aromatic carbocycles. The van der Waals surface area contributed by atoms with Gasteiger partial charge in [0.15, 0.2) is 5.69 Å². The molecule has 0 bridgehead atoms. The summed E-state index contributed by atoms with van der Waals surface area (Å²) >= 11 is 1.34. The molecule has 0 unspecified atom stereocenters. The van der Waals surface area contributed by atoms with Gasteiger partial charge >= 0.3 is 6.18 Å². The SMILES string of the molecule is Cc1cc2c(=O)n(NC(=O)c3cc(C(F)(F)F)nn3C)c(C)nc2s1. The summed E-state index contributed by atoms with van der Waals surface area (Å²) in [6, 6.07) is 2.26. The van der Waals surface area contributed by atoms with Crippen molar-refractivity contribution < 1.29 is 18.0 Å². The van der Waals surface area contributed by atoms with E-state index in [1.54, 1.807) is 6.07 Å². The quantitative estimate of drug-likeness (QED) is 0.749. The van der Waals surface area contributed by atoms with Gasteiger partial charge < -0.3 is 0 Å². The van der Waals surface area contributed by atoms with E-state index >= 15 is 0 Å². The van der Waals surface area contributed by atoms with Gasteiger partial charge in [-0.2, -0.15) is 18.3 Å². The number of aromatic nitrogens is 4. The van der Waals surface area contributed by atoms with Crippen LogP contribution in [0.4, 0.5) is 13.2 Å². The van der Waals surface area contributed by atoms with Crippen LogP contribution in [-0.4, -0.2) is 25.3 Å². The predicted octanol–water partition coefficient (Wildman–Crippen LogP) is 2.21. The van der Waals surface area contributed by atoms with E-state index in [-0.39, 0.29) is 11.5 Å². The Hall–Kier alpha value is -2.69. The first kappa shape index (κ1) is 17.1. The Morgan fingerprint density at radius 3 is 2.56 bits per heavy atom. The minimum absolute atomic E-state index is 0.214. The van der Waals surface area contributed by atoms with Crippen molar-refractivity contribution in [3.63, 3.8) is 0 Å². The van der Waals surface area contributed by atoms with Gasteiger partial charge in [-0.1, -0.05) is 0 Å². The number of fused-ring (bicyclic) bond motifs is 1. The molecule has 0 fully saturated rings. The van der Waals surface area contributed by atoms with Crippen molar-refractivity contribution in [2.75, 3.05) is 5.43 Å². The number of hydrogen-bond acceptors (Lipinski definition) is 5. The van der Waals surface area contributed by atoms with Gasteiger partial charge in [0.25, 0.3) is 11.5 Å². The number of rotatable bonds is 2. The second kappa shape index (κ2) is 5.69. The standard InChI is InChI=1S/C14H12F3N5O2S/c1-6-4-8-12(25-6)18-7(2)22(13(8)24)20-11(23)9-5-10(14(15,16)17)19-21(9)3/h4-5H,1-3H3,(H,20,23). The molecule has 0 saturated heterocycles. The van der Waals surface area contributed by atoms with Crippen LogP contribution < -0.4 is 11.0 Å². The molecular weight excluding hydrogens is 359 g/mol. The molecule has 7 nitrogen and oxygen atoms in total. The summed E-state index contributed by atoms with van der Waals surface area (Å²) in [5.41, 5.74) is 0.258. The molecule has 25 heavy (non-hydrogen) atoms. The Morgan fingerprint density at radius 1 is 1.28 bits per heavy atom. The fourth-order valence-corrected chi connectivity index (χ4v) is 3.23. The molecule has 3 aromatic heterocycles. The summed E-state index contributed by atoms with van der Waals surface area (Å²) in [5.74, 6) is -0.685. The third-order valence-electron chi connectivity index (χ3n) is 3.47. The summed E-state index contributed by atoms with van der Waals surface area (Å²) in [6.07, 6.45) is -4.67. The third-order valence-corrected chi connectivity index (χ3v) is 4.42. The summed E-state index contributed by atoms with van der Waals surface area (Å²) in [5, 5.41) is 3.60. The average molecular weight is 371 g/mol. The lowest BCUT2D eigenvalue weighted by Crippen LogP contribution is -2.36. The van der Waals surface area contributed by atoms with Crippen molar-refractivity contribution >= 4 is 27.5 Å². The normalized spacial score (nSPS) is 11.9. The molecule has 1 N–H and O–H groups in total. The Kier molecular flexibility index (Phi) is 3.90. The topological polar surface area (TPSA) is 81.8 Å². The number of amides is 1. The molecule has 0 spiro atoms. The highest BCUT2D eigenvalue weighted by molar-refractivity contribution is 7.18. The number of carbonyl (C=O) groups excluding carboxylic acids is 1. The van der Waals surface area contributed by atoms with Crippen LogP contribution in [0, 0.1) is 13.8 Å². The Morgan fingerprint density at radius 2 is 1.96 bits per heavy atom. The van der Waals surface area contributed by atoms with Crippen LogP contribution in [0.2, 0.25) is 0 Å². The number of nitrogens with one attached hydrogen (secondary N) is 1. The Labute approximate surface area is 142 Å². The lowest BCUT2D eigenvalue weighted by molar-refractivity contribution is -0.141. The second-order valence-electron chi connectivity index (χ2n) is 5.35. The maximum absolute atomic E-state index is 12.7. The molecule has 0 atom stereocenters. The van der Waals surface area contributed by atoms with E-state index in [0.717, 1.165) is 14.2 Å². The predicted molar refractivity (Wildman–Crippen MR) is 85.3 cm³/mol. The van der Waals surface area contributed by atoms with Crippen LogP contribution in [-0.2, 0) is 13.2 Å². The van der Waals surface area contributed by atoms with E-state index < -0.39 is 23.3 Å². The third kappa shape index (κ3) is 3.02. The second-order valence-corrected chi connectivity index (χ2v) is 6.59. The summed E-state index contributed by atoms with van der Waals surface area (Å²) in [4.78, 5) is 30.4. The molecule has 3 heterocycles. The number of halogens is 3. The van der Waals surface area contributed by atoms with Crippen LogP contribution >= 0.6 is 11.3 Å². The van der Waals surface area contributed by atoms with Crippen LogP contribution in [0.1, 0.15) is 26.9 Å². The lowest BCUT2D eigenvalue weighted by Gasteiger charge is -2.10. The minimum Gasteiger partial charge on any atom is -0.267 e. The summed E-state index contributed by atoms with van der Waals surface area (Å²) < 4.78 is 39.8. The molecule has 3 aromatic rings. The van der Waals surface area contributed by atoms with Gasteiger partial charge in [0.05, 0.1) is 5.39 Å². The highest BCUT2D eigenvalue weighted by Gasteiger charge is 2.35. The van der Waals surface area contributed by atoms with Crippen molar-refractivity contribution in [1.29, 1.82) is 0 Å². The smallest absolute Gasteiger partial charge is 0.267 e. The monoisotopic (exact) mass is 371 g/mol. The maximum atomic E-state index is 12.7. The fourth-order valence-electron chi connectivity index (χ4n) is 2.31. The van der Waals surface area contributed by atoms with E-state index in [1.807, 2.05) is 6.92 Å². The maximum Gasteiger partial charge on any atom is 0.435 e. The van der Waals surface area contributed by atoms with Crippen LogP contribution in [0.15, 0.2) is 16.9 Å². The van der Waals surface area contributed by atoms with Crippen molar-refractivity contribution in [2.24, 2.45) is 7.05 Å². The molecule has 0 radical (unpaired) electrons. The van der Waals surface area contributed by atoms with Gasteiger partial charge in [0.2, 0.25) is 0 Å². The van der Waals surface area contributed by atoms with E-state index in [2.05, 4.69) is 15.5 Å². The number of hydrogen-bond donors (Lipinski definition) is 1. The molecule has 0 aliphatic heterocycles. The zero-order valence-electron chi connectivity index (χ0n) is 13.3. The van der Waals surface area contributed by atoms with E-state index in [1.165, 1.54) is 25.3 Å². The molecule has 11 heteroatoms. The number of nitrogens with zero attached hydrogens (tertiary/aromatic N) is 4. The number of thiophene rings is 1. The van der Waals surface area contributed by atoms with Crippen LogP contribution in [0.3, 0.4) is 0 Å². The fraction of sp³-hybridized carbons (Fsp3) is 0.286. The van der Waals surface area contributed by atoms with Crippen molar-refractivity contribution in [1.82, 2.24) is 19.4 Å². The minimum atomic E-state index is -4.67. The lowest BCUT2D eigenvalue weighted by atomic mass is 10.3. The van der Waals surface area contributed by atoms with Crippen molar-refractivity contribution in [2.45, 2.75) is 20.0 Å². The largest absolute Gasteiger partial charge is 0.435 e.